The fourth-order valence-electron chi connectivity index (χ4n) is 9.94. The molecule has 1 unspecified atom stereocenters. The second kappa shape index (κ2) is 68.1. The summed E-state index contributed by atoms with van der Waals surface area (Å²) in [5.74, 6) is -0.876. The van der Waals surface area contributed by atoms with Crippen LogP contribution in [0.15, 0.2) is 85.1 Å². The summed E-state index contributed by atoms with van der Waals surface area (Å²) in [5, 5.41) is 0. The Kier molecular flexibility index (Phi) is 65.2. The zero-order valence-corrected chi connectivity index (χ0v) is 53.1. The van der Waals surface area contributed by atoms with Crippen molar-refractivity contribution in [2.75, 3.05) is 13.2 Å². The first-order valence-electron chi connectivity index (χ1n) is 34.6. The van der Waals surface area contributed by atoms with E-state index in [0.29, 0.717) is 19.3 Å². The molecule has 0 aliphatic carbocycles. The first-order chi connectivity index (χ1) is 39.5. The van der Waals surface area contributed by atoms with Gasteiger partial charge in [0.1, 0.15) is 13.2 Å². The van der Waals surface area contributed by atoms with Crippen LogP contribution in [-0.4, -0.2) is 37.2 Å². The van der Waals surface area contributed by atoms with E-state index in [0.717, 1.165) is 103 Å². The molecular formula is C74H130O6. The van der Waals surface area contributed by atoms with E-state index in [2.05, 4.69) is 106 Å². The average Bonchev–Trinajstić information content (AvgIpc) is 3.46. The van der Waals surface area contributed by atoms with Crippen molar-refractivity contribution >= 4 is 17.9 Å². The maximum Gasteiger partial charge on any atom is 0.306 e. The molecule has 6 heteroatoms. The molecule has 0 saturated heterocycles. The third-order valence-electron chi connectivity index (χ3n) is 15.1. The highest BCUT2D eigenvalue weighted by Crippen LogP contribution is 2.17. The summed E-state index contributed by atoms with van der Waals surface area (Å²) in [6.45, 7) is 6.49. The van der Waals surface area contributed by atoms with Gasteiger partial charge in [-0.3, -0.25) is 14.4 Å². The molecule has 0 aliphatic heterocycles. The van der Waals surface area contributed by atoms with E-state index in [4.69, 9.17) is 14.2 Å². The van der Waals surface area contributed by atoms with Gasteiger partial charge >= 0.3 is 17.9 Å². The zero-order chi connectivity index (χ0) is 57.8. The Morgan fingerprint density at radius 1 is 0.263 bits per heavy atom. The summed E-state index contributed by atoms with van der Waals surface area (Å²) in [6, 6.07) is 0. The molecule has 462 valence electrons. The Hall–Kier alpha value is -3.41. The summed E-state index contributed by atoms with van der Waals surface area (Å²) in [4.78, 5) is 38.3. The molecule has 80 heavy (non-hydrogen) atoms. The topological polar surface area (TPSA) is 78.9 Å². The minimum Gasteiger partial charge on any atom is -0.462 e. The van der Waals surface area contributed by atoms with Gasteiger partial charge in [0.15, 0.2) is 6.10 Å². The molecule has 0 N–H and O–H groups in total. The minimum absolute atomic E-state index is 0.0773. The number of rotatable bonds is 63. The Bertz CT molecular complexity index is 1520. The molecule has 1 atom stereocenters. The van der Waals surface area contributed by atoms with Gasteiger partial charge < -0.3 is 14.2 Å². The smallest absolute Gasteiger partial charge is 0.306 e. The van der Waals surface area contributed by atoms with Crippen molar-refractivity contribution < 1.29 is 28.6 Å². The molecule has 0 aromatic rings. The summed E-state index contributed by atoms with van der Waals surface area (Å²) < 4.78 is 16.9. The quantitative estimate of drug-likeness (QED) is 0.0261. The Balaban J connectivity index is 4.14. The van der Waals surface area contributed by atoms with Crippen LogP contribution >= 0.6 is 0 Å². The highest BCUT2D eigenvalue weighted by molar-refractivity contribution is 5.71. The minimum atomic E-state index is -0.781. The highest BCUT2D eigenvalue weighted by atomic mass is 16.6. The van der Waals surface area contributed by atoms with Gasteiger partial charge in [0.2, 0.25) is 0 Å². The van der Waals surface area contributed by atoms with Gasteiger partial charge in [0.25, 0.3) is 0 Å². The lowest BCUT2D eigenvalue weighted by Gasteiger charge is -2.18. The molecule has 0 saturated carbocycles. The molecule has 0 aromatic carbocycles. The molecule has 0 aliphatic rings. The summed E-state index contributed by atoms with van der Waals surface area (Å²) in [5.41, 5.74) is 0. The zero-order valence-electron chi connectivity index (χ0n) is 53.1. The van der Waals surface area contributed by atoms with Crippen LogP contribution in [0.5, 0.6) is 0 Å². The second-order valence-electron chi connectivity index (χ2n) is 23.1. The van der Waals surface area contributed by atoms with Crippen molar-refractivity contribution in [1.82, 2.24) is 0 Å². The number of ether oxygens (including phenoxy) is 3. The number of carbonyl (C=O) groups excluding carboxylic acids is 3. The first-order valence-corrected chi connectivity index (χ1v) is 34.6. The molecule has 0 spiro atoms. The Morgan fingerprint density at radius 2 is 0.512 bits per heavy atom. The lowest BCUT2D eigenvalue weighted by Crippen LogP contribution is -2.30. The van der Waals surface area contributed by atoms with Crippen LogP contribution in [-0.2, 0) is 28.6 Å². The predicted octanol–water partition coefficient (Wildman–Crippen LogP) is 23.8. The van der Waals surface area contributed by atoms with Gasteiger partial charge in [0, 0.05) is 19.3 Å². The van der Waals surface area contributed by atoms with E-state index in [1.54, 1.807) is 0 Å². The number of unbranched alkanes of at least 4 members (excludes halogenated alkanes) is 38. The first kappa shape index (κ1) is 76.6. The van der Waals surface area contributed by atoms with Crippen LogP contribution in [0, 0.1) is 0 Å². The molecule has 0 bridgehead atoms. The molecular weight excluding hydrogens is 985 g/mol. The SMILES string of the molecule is CC/C=C\C/C=C\C/C=C\C/C=C\CCCCCCCCCCCCCCCCCCCCC(=O)OCC(COC(=O)CCCCCCC/C=C\CCC)OC(=O)CCCCCCCCCCC/C=C\C/C=C\CCCCCCC. The van der Waals surface area contributed by atoms with Crippen molar-refractivity contribution in [3.8, 4) is 0 Å². The normalized spacial score (nSPS) is 12.6. The maximum atomic E-state index is 12.9. The van der Waals surface area contributed by atoms with Crippen molar-refractivity contribution in [1.29, 1.82) is 0 Å². The van der Waals surface area contributed by atoms with Gasteiger partial charge in [-0.1, -0.05) is 305 Å². The fraction of sp³-hybridized carbons (Fsp3) is 0.770. The van der Waals surface area contributed by atoms with Crippen molar-refractivity contribution in [2.45, 2.75) is 354 Å². The summed E-state index contributed by atoms with van der Waals surface area (Å²) in [7, 11) is 0. The van der Waals surface area contributed by atoms with E-state index in [1.807, 2.05) is 0 Å². The third-order valence-corrected chi connectivity index (χ3v) is 15.1. The maximum absolute atomic E-state index is 12.9. The predicted molar refractivity (Wildman–Crippen MR) is 348 cm³/mol. The molecule has 0 aromatic heterocycles. The molecule has 6 nitrogen and oxygen atoms in total. The van der Waals surface area contributed by atoms with Crippen LogP contribution in [0.3, 0.4) is 0 Å². The van der Waals surface area contributed by atoms with Crippen LogP contribution in [0.1, 0.15) is 348 Å². The van der Waals surface area contributed by atoms with Crippen LogP contribution in [0.4, 0.5) is 0 Å². The van der Waals surface area contributed by atoms with Gasteiger partial charge in [-0.2, -0.15) is 0 Å². The molecule has 0 radical (unpaired) electrons. The van der Waals surface area contributed by atoms with Gasteiger partial charge in [-0.15, -0.1) is 0 Å². The Morgan fingerprint density at radius 3 is 0.825 bits per heavy atom. The summed E-state index contributed by atoms with van der Waals surface area (Å²) >= 11 is 0. The lowest BCUT2D eigenvalue weighted by molar-refractivity contribution is -0.167. The largest absolute Gasteiger partial charge is 0.462 e. The number of hydrogen-bond acceptors (Lipinski definition) is 6. The molecule has 0 rings (SSSR count). The number of allylic oxidation sites excluding steroid dienone is 14. The molecule has 0 amide bonds. The number of carbonyl (C=O) groups is 3. The standard InChI is InChI=1S/C74H130O6/c1-4-7-10-13-16-19-22-24-26-28-30-32-33-34-35-36-37-38-39-40-41-43-44-46-48-50-52-55-58-61-64-67-73(76)79-70-71(69-78-72(75)66-63-60-57-54-21-18-15-12-9-6-3)80-74(77)68-65-62-59-56-53-51-49-47-45-42-31-29-27-25-23-20-17-14-11-8-5-2/h7,10,12,15-16,19,23-26,29-32,71H,4-6,8-9,11,13-14,17-18,20-22,27-28,33-70H2,1-3H3/b10-7-,15-12-,19-16-,25-23-,26-24-,31-29-,32-30-. The van der Waals surface area contributed by atoms with E-state index in [9.17, 15) is 14.4 Å². The molecule has 0 fully saturated rings. The van der Waals surface area contributed by atoms with Crippen LogP contribution in [0.25, 0.3) is 0 Å². The van der Waals surface area contributed by atoms with Gasteiger partial charge in [0.05, 0.1) is 0 Å². The fourth-order valence-corrected chi connectivity index (χ4v) is 9.94. The summed E-state index contributed by atoms with van der Waals surface area (Å²) in [6.07, 6.45) is 90.5. The van der Waals surface area contributed by atoms with E-state index < -0.39 is 6.10 Å². The van der Waals surface area contributed by atoms with E-state index >= 15 is 0 Å². The third kappa shape index (κ3) is 65.4. The van der Waals surface area contributed by atoms with E-state index in [-0.39, 0.29) is 31.1 Å². The van der Waals surface area contributed by atoms with Crippen molar-refractivity contribution in [2.24, 2.45) is 0 Å². The van der Waals surface area contributed by atoms with Gasteiger partial charge in [-0.25, -0.2) is 0 Å². The molecule has 0 heterocycles. The number of esters is 3. The van der Waals surface area contributed by atoms with Crippen LogP contribution in [0.2, 0.25) is 0 Å². The monoisotopic (exact) mass is 1110 g/mol. The average molecular weight is 1120 g/mol. The van der Waals surface area contributed by atoms with Crippen LogP contribution < -0.4 is 0 Å². The van der Waals surface area contributed by atoms with Crippen molar-refractivity contribution in [3.63, 3.8) is 0 Å². The van der Waals surface area contributed by atoms with Gasteiger partial charge in [-0.05, 0) is 109 Å². The number of hydrogen-bond donors (Lipinski definition) is 0. The highest BCUT2D eigenvalue weighted by Gasteiger charge is 2.19. The lowest BCUT2D eigenvalue weighted by atomic mass is 10.0. The van der Waals surface area contributed by atoms with E-state index in [1.165, 1.54) is 205 Å². The van der Waals surface area contributed by atoms with Crippen molar-refractivity contribution in [3.05, 3.63) is 85.1 Å². The second-order valence-corrected chi connectivity index (χ2v) is 23.1. The Labute approximate surface area is 496 Å².